The monoisotopic (exact) mass is 399 g/mol. The predicted molar refractivity (Wildman–Crippen MR) is 101 cm³/mol. The molecule has 6 nitrogen and oxygen atoms in total. The topological polar surface area (TPSA) is 88.6 Å². The Morgan fingerprint density at radius 2 is 1.82 bits per heavy atom. The summed E-state index contributed by atoms with van der Waals surface area (Å²) in [6.45, 7) is 4.19. The van der Waals surface area contributed by atoms with Crippen molar-refractivity contribution < 1.29 is 22.8 Å². The van der Waals surface area contributed by atoms with Crippen LogP contribution < -0.4 is 0 Å². The molecule has 0 aromatic heterocycles. The molecule has 3 aliphatic carbocycles. The SMILES string of the molecule is CC1(C)[C@@H]2CC[C@]13CS(=O)(=O)N(C(=O)C1=CC(=O)c4ccccc4C1=O)[C@H]3C2. The van der Waals surface area contributed by atoms with Crippen molar-refractivity contribution in [2.24, 2.45) is 16.7 Å². The fourth-order valence-corrected chi connectivity index (χ4v) is 8.67. The fraction of sp³-hybridized carbons (Fsp3) is 0.476. The lowest BCUT2D eigenvalue weighted by molar-refractivity contribution is -0.124. The molecule has 1 spiro atoms. The van der Waals surface area contributed by atoms with E-state index >= 15 is 0 Å². The van der Waals surface area contributed by atoms with Gasteiger partial charge in [0, 0.05) is 22.6 Å². The third kappa shape index (κ3) is 1.93. The third-order valence-corrected chi connectivity index (χ3v) is 9.70. The number of amides is 1. The maximum atomic E-state index is 13.3. The van der Waals surface area contributed by atoms with E-state index in [1.54, 1.807) is 12.1 Å². The predicted octanol–water partition coefficient (Wildman–Crippen LogP) is 2.36. The Morgan fingerprint density at radius 3 is 2.50 bits per heavy atom. The zero-order valence-electron chi connectivity index (χ0n) is 15.8. The summed E-state index contributed by atoms with van der Waals surface area (Å²) in [7, 11) is -3.85. The van der Waals surface area contributed by atoms with Crippen LogP contribution in [0.2, 0.25) is 0 Å². The van der Waals surface area contributed by atoms with Crippen LogP contribution in [0, 0.1) is 16.7 Å². The van der Waals surface area contributed by atoms with E-state index in [0.717, 1.165) is 23.2 Å². The van der Waals surface area contributed by atoms with Crippen LogP contribution in [0.4, 0.5) is 0 Å². The van der Waals surface area contributed by atoms with Crippen molar-refractivity contribution in [1.82, 2.24) is 4.31 Å². The van der Waals surface area contributed by atoms with Crippen molar-refractivity contribution in [2.75, 3.05) is 5.75 Å². The molecule has 1 amide bonds. The summed E-state index contributed by atoms with van der Waals surface area (Å²) < 4.78 is 27.0. The van der Waals surface area contributed by atoms with Gasteiger partial charge >= 0.3 is 0 Å². The van der Waals surface area contributed by atoms with Gasteiger partial charge < -0.3 is 0 Å². The van der Waals surface area contributed by atoms with Gasteiger partial charge in [0.2, 0.25) is 10.0 Å². The maximum absolute atomic E-state index is 13.3. The second-order valence-electron chi connectivity index (χ2n) is 9.02. The van der Waals surface area contributed by atoms with Crippen LogP contribution in [-0.2, 0) is 14.8 Å². The lowest BCUT2D eigenvalue weighted by Gasteiger charge is -2.37. The van der Waals surface area contributed by atoms with Crippen molar-refractivity contribution in [2.45, 2.75) is 39.2 Å². The van der Waals surface area contributed by atoms with Crippen LogP contribution in [0.5, 0.6) is 0 Å². The Morgan fingerprint density at radius 1 is 1.14 bits per heavy atom. The van der Waals surface area contributed by atoms with Crippen molar-refractivity contribution >= 4 is 27.5 Å². The van der Waals surface area contributed by atoms with Crippen molar-refractivity contribution in [3.05, 3.63) is 47.0 Å². The molecule has 2 saturated carbocycles. The van der Waals surface area contributed by atoms with Crippen LogP contribution in [0.1, 0.15) is 53.8 Å². The Hall–Kier alpha value is -2.28. The van der Waals surface area contributed by atoms with Crippen LogP contribution in [0.25, 0.3) is 0 Å². The standard InChI is InChI=1S/C21H21NO5S/c1-20(2)12-7-8-21(20)11-28(26,27)22(17(21)9-12)19(25)15-10-16(23)13-5-3-4-6-14(13)18(15)24/h3-6,10,12,17H,7-9,11H2,1-2H3/t12-,17+,21-/m1/s1. The highest BCUT2D eigenvalue weighted by molar-refractivity contribution is 7.90. The van der Waals surface area contributed by atoms with E-state index in [1.165, 1.54) is 12.1 Å². The normalized spacial score (nSPS) is 34.2. The van der Waals surface area contributed by atoms with E-state index < -0.39 is 39.0 Å². The molecule has 1 aromatic rings. The first-order valence-electron chi connectivity index (χ1n) is 9.56. The van der Waals surface area contributed by atoms with E-state index in [2.05, 4.69) is 13.8 Å². The number of allylic oxidation sites excluding steroid dienone is 1. The van der Waals surface area contributed by atoms with Crippen LogP contribution in [-0.4, -0.2) is 42.0 Å². The van der Waals surface area contributed by atoms with Crippen LogP contribution in [0.15, 0.2) is 35.9 Å². The molecular weight excluding hydrogens is 378 g/mol. The number of nitrogens with zero attached hydrogens (tertiary/aromatic N) is 1. The van der Waals surface area contributed by atoms with E-state index in [9.17, 15) is 22.8 Å². The molecule has 1 aliphatic heterocycles. The second-order valence-corrected chi connectivity index (χ2v) is 10.9. The van der Waals surface area contributed by atoms with Gasteiger partial charge in [-0.25, -0.2) is 12.7 Å². The Kier molecular flexibility index (Phi) is 3.30. The number of carbonyl (C=O) groups is 3. The summed E-state index contributed by atoms with van der Waals surface area (Å²) in [6, 6.07) is 5.87. The quantitative estimate of drug-likeness (QED) is 0.677. The molecule has 0 unspecified atom stereocenters. The third-order valence-electron chi connectivity index (χ3n) is 7.80. The molecular formula is C21H21NO5S. The zero-order chi connectivity index (χ0) is 20.1. The Balaban J connectivity index is 1.58. The molecule has 146 valence electrons. The zero-order valence-corrected chi connectivity index (χ0v) is 16.6. The summed E-state index contributed by atoms with van der Waals surface area (Å²) in [5, 5.41) is 0. The number of hydrogen-bond acceptors (Lipinski definition) is 5. The first-order chi connectivity index (χ1) is 13.1. The van der Waals surface area contributed by atoms with Crippen molar-refractivity contribution in [3.63, 3.8) is 0 Å². The smallest absolute Gasteiger partial charge is 0.271 e. The minimum absolute atomic E-state index is 0.0636. The summed E-state index contributed by atoms with van der Waals surface area (Å²) in [6.07, 6.45) is 3.37. The molecule has 1 aromatic carbocycles. The van der Waals surface area contributed by atoms with E-state index in [4.69, 9.17) is 0 Å². The average Bonchev–Trinajstić information content (AvgIpc) is 3.12. The van der Waals surface area contributed by atoms with Gasteiger partial charge in [-0.05, 0) is 30.6 Å². The summed E-state index contributed by atoms with van der Waals surface area (Å²) in [5.74, 6) is -1.58. The summed E-state index contributed by atoms with van der Waals surface area (Å²) in [5.41, 5.74) is -0.590. The first kappa shape index (κ1) is 17.8. The van der Waals surface area contributed by atoms with Crippen molar-refractivity contribution in [1.29, 1.82) is 0 Å². The minimum Gasteiger partial charge on any atom is -0.289 e. The lowest BCUT2D eigenvalue weighted by Crippen LogP contribution is -2.45. The van der Waals surface area contributed by atoms with Gasteiger partial charge in [-0.2, -0.15) is 0 Å². The summed E-state index contributed by atoms with van der Waals surface area (Å²) >= 11 is 0. The van der Waals surface area contributed by atoms with Gasteiger partial charge in [0.05, 0.1) is 17.4 Å². The van der Waals surface area contributed by atoms with Gasteiger partial charge in [0.1, 0.15) is 0 Å². The highest BCUT2D eigenvalue weighted by Crippen LogP contribution is 2.70. The average molecular weight is 399 g/mol. The van der Waals surface area contributed by atoms with Gasteiger partial charge in [0.25, 0.3) is 5.91 Å². The van der Waals surface area contributed by atoms with Crippen LogP contribution >= 0.6 is 0 Å². The number of fused-ring (bicyclic) bond motifs is 2. The van der Waals surface area contributed by atoms with Crippen LogP contribution in [0.3, 0.4) is 0 Å². The molecule has 7 heteroatoms. The maximum Gasteiger partial charge on any atom is 0.271 e. The number of rotatable bonds is 1. The van der Waals surface area contributed by atoms with Gasteiger partial charge in [-0.15, -0.1) is 0 Å². The molecule has 3 atom stereocenters. The molecule has 3 fully saturated rings. The molecule has 1 heterocycles. The van der Waals surface area contributed by atoms with Gasteiger partial charge in [-0.1, -0.05) is 38.1 Å². The number of hydrogen-bond donors (Lipinski definition) is 0. The Labute approximate surface area is 163 Å². The largest absolute Gasteiger partial charge is 0.289 e. The number of carbonyl (C=O) groups excluding carboxylic acids is 3. The molecule has 2 bridgehead atoms. The number of Topliss-reactive ketones (excluding diaryl/α,β-unsaturated/α-hetero) is 1. The molecule has 4 aliphatic rings. The molecule has 0 N–H and O–H groups in total. The molecule has 1 saturated heterocycles. The fourth-order valence-electron chi connectivity index (χ4n) is 6.15. The lowest BCUT2D eigenvalue weighted by atomic mass is 9.69. The number of ketones is 2. The molecule has 0 radical (unpaired) electrons. The number of sulfonamides is 1. The second kappa shape index (κ2) is 5.20. The summed E-state index contributed by atoms with van der Waals surface area (Å²) in [4.78, 5) is 38.6. The molecule has 28 heavy (non-hydrogen) atoms. The minimum atomic E-state index is -3.85. The highest BCUT2D eigenvalue weighted by atomic mass is 32.2. The first-order valence-corrected chi connectivity index (χ1v) is 11.2. The van der Waals surface area contributed by atoms with Gasteiger partial charge in [-0.3, -0.25) is 14.4 Å². The van der Waals surface area contributed by atoms with Gasteiger partial charge in [0.15, 0.2) is 11.6 Å². The Bertz CT molecular complexity index is 1100. The molecule has 5 rings (SSSR count). The van der Waals surface area contributed by atoms with E-state index in [-0.39, 0.29) is 27.9 Å². The van der Waals surface area contributed by atoms with Crippen molar-refractivity contribution in [3.8, 4) is 0 Å². The van der Waals surface area contributed by atoms with E-state index in [0.29, 0.717) is 12.3 Å². The number of benzene rings is 1. The highest BCUT2D eigenvalue weighted by Gasteiger charge is 2.72. The van der Waals surface area contributed by atoms with E-state index in [1.807, 2.05) is 0 Å².